The minimum atomic E-state index is -3.69. The fraction of sp³-hybridized carbons (Fsp3) is 0.409. The summed E-state index contributed by atoms with van der Waals surface area (Å²) in [6, 6.07) is 17.4. The van der Waals surface area contributed by atoms with E-state index in [1.807, 2.05) is 24.3 Å². The van der Waals surface area contributed by atoms with E-state index in [1.165, 1.54) is 5.56 Å². The van der Waals surface area contributed by atoms with Gasteiger partial charge in [-0.25, -0.2) is 0 Å². The highest BCUT2D eigenvalue weighted by molar-refractivity contribution is 7.90. The second-order valence-electron chi connectivity index (χ2n) is 7.79. The Kier molecular flexibility index (Phi) is 6.48. The number of benzene rings is 2. The van der Waals surface area contributed by atoms with Gasteiger partial charge in [-0.1, -0.05) is 42.5 Å². The first-order chi connectivity index (χ1) is 14.5. The lowest BCUT2D eigenvalue weighted by molar-refractivity contribution is 0.0252. The highest BCUT2D eigenvalue weighted by atomic mass is 32.2. The van der Waals surface area contributed by atoms with E-state index >= 15 is 0 Å². The van der Waals surface area contributed by atoms with Crippen LogP contribution in [0.15, 0.2) is 63.9 Å². The molecule has 0 amide bonds. The van der Waals surface area contributed by atoms with Gasteiger partial charge >= 0.3 is 0 Å². The summed E-state index contributed by atoms with van der Waals surface area (Å²) >= 11 is 0. The van der Waals surface area contributed by atoms with E-state index in [0.717, 1.165) is 39.4 Å². The molecule has 0 spiro atoms. The molecule has 0 radical (unpaired) electrons. The van der Waals surface area contributed by atoms with Gasteiger partial charge in [-0.3, -0.25) is 9.80 Å². The Morgan fingerprint density at radius 2 is 1.77 bits per heavy atom. The van der Waals surface area contributed by atoms with Crippen molar-refractivity contribution < 1.29 is 13.2 Å². The van der Waals surface area contributed by atoms with E-state index in [4.69, 9.17) is 4.74 Å². The Balaban J connectivity index is 1.54. The lowest BCUT2D eigenvalue weighted by Gasteiger charge is -2.35. The van der Waals surface area contributed by atoms with Gasteiger partial charge in [0.15, 0.2) is 0 Å². The smallest absolute Gasteiger partial charge is 0.286 e. The zero-order valence-corrected chi connectivity index (χ0v) is 18.0. The number of fused-ring (bicyclic) bond motifs is 1. The van der Waals surface area contributed by atoms with Gasteiger partial charge in [-0.15, -0.1) is 4.40 Å². The highest BCUT2D eigenvalue weighted by Gasteiger charge is 2.27. The molecule has 1 unspecified atom stereocenters. The molecule has 1 fully saturated rings. The van der Waals surface area contributed by atoms with Crippen molar-refractivity contribution in [2.75, 3.05) is 44.7 Å². The van der Waals surface area contributed by atoms with E-state index < -0.39 is 10.0 Å². The monoisotopic (exact) mass is 428 g/mol. The Labute approximate surface area is 178 Å². The van der Waals surface area contributed by atoms with Crippen LogP contribution in [0.5, 0.6) is 0 Å². The molecular weight excluding hydrogens is 400 g/mol. The summed E-state index contributed by atoms with van der Waals surface area (Å²) in [5, 5.41) is 3.22. The van der Waals surface area contributed by atoms with Crippen LogP contribution in [0.4, 0.5) is 5.69 Å². The minimum absolute atomic E-state index is 0.215. The molecule has 1 saturated heterocycles. The summed E-state index contributed by atoms with van der Waals surface area (Å²) in [4.78, 5) is 4.90. The number of morpholine rings is 1. The topological polar surface area (TPSA) is 74.2 Å². The first-order valence-electron chi connectivity index (χ1n) is 10.3. The zero-order valence-electron chi connectivity index (χ0n) is 17.2. The lowest BCUT2D eigenvalue weighted by Crippen LogP contribution is -2.48. The molecule has 0 saturated carbocycles. The molecule has 4 rings (SSSR count). The van der Waals surface area contributed by atoms with Gasteiger partial charge in [0.2, 0.25) is 0 Å². The van der Waals surface area contributed by atoms with Crippen molar-refractivity contribution >= 4 is 21.5 Å². The lowest BCUT2D eigenvalue weighted by atomic mass is 10.1. The molecule has 2 aromatic rings. The predicted octanol–water partition coefficient (Wildman–Crippen LogP) is 2.42. The average Bonchev–Trinajstić information content (AvgIpc) is 2.74. The van der Waals surface area contributed by atoms with Gasteiger partial charge in [-0.2, -0.15) is 8.42 Å². The van der Waals surface area contributed by atoms with Gasteiger partial charge in [0, 0.05) is 32.2 Å². The number of rotatable bonds is 7. The normalized spacial score (nSPS) is 19.6. The fourth-order valence-electron chi connectivity index (χ4n) is 3.89. The quantitative estimate of drug-likeness (QED) is 0.730. The molecule has 2 aliphatic heterocycles. The van der Waals surface area contributed by atoms with Crippen LogP contribution in [0.2, 0.25) is 0 Å². The molecule has 30 heavy (non-hydrogen) atoms. The maximum absolute atomic E-state index is 12.6. The predicted molar refractivity (Wildman–Crippen MR) is 118 cm³/mol. The highest BCUT2D eigenvalue weighted by Crippen LogP contribution is 2.27. The maximum atomic E-state index is 12.6. The molecule has 160 valence electrons. The second-order valence-corrected chi connectivity index (χ2v) is 9.36. The van der Waals surface area contributed by atoms with Crippen molar-refractivity contribution in [2.45, 2.75) is 24.4 Å². The van der Waals surface area contributed by atoms with Gasteiger partial charge in [0.05, 0.1) is 25.4 Å². The first-order valence-corrected chi connectivity index (χ1v) is 11.7. The summed E-state index contributed by atoms with van der Waals surface area (Å²) in [7, 11) is -3.69. The third kappa shape index (κ3) is 5.07. The molecule has 1 N–H and O–H groups in total. The van der Waals surface area contributed by atoms with Crippen LogP contribution in [0.3, 0.4) is 0 Å². The SMILES string of the molecule is CC(CN1CCOCC1)N(CC1=NS(=O)(=O)c2ccccc2N1)Cc1ccccc1. The van der Waals surface area contributed by atoms with Crippen LogP contribution < -0.4 is 5.32 Å². The number of sulfonamides is 1. The number of ether oxygens (including phenoxy) is 1. The molecule has 2 heterocycles. The van der Waals surface area contributed by atoms with E-state index in [9.17, 15) is 8.42 Å². The van der Waals surface area contributed by atoms with Gasteiger partial charge in [-0.05, 0) is 24.6 Å². The molecule has 0 aliphatic carbocycles. The largest absolute Gasteiger partial charge is 0.379 e. The van der Waals surface area contributed by atoms with Crippen LogP contribution in [-0.2, 0) is 21.3 Å². The van der Waals surface area contributed by atoms with Crippen LogP contribution in [0.25, 0.3) is 0 Å². The molecule has 7 nitrogen and oxygen atoms in total. The van der Waals surface area contributed by atoms with E-state index in [2.05, 4.69) is 38.6 Å². The third-order valence-corrected chi connectivity index (χ3v) is 6.88. The van der Waals surface area contributed by atoms with E-state index in [-0.39, 0.29) is 10.9 Å². The van der Waals surface area contributed by atoms with Crippen molar-refractivity contribution in [1.29, 1.82) is 0 Å². The van der Waals surface area contributed by atoms with Crippen LogP contribution >= 0.6 is 0 Å². The van der Waals surface area contributed by atoms with Crippen molar-refractivity contribution in [2.24, 2.45) is 4.40 Å². The first kappa shape index (κ1) is 21.0. The Hall–Kier alpha value is -2.26. The Morgan fingerprint density at radius 3 is 2.53 bits per heavy atom. The molecule has 2 aromatic carbocycles. The minimum Gasteiger partial charge on any atom is -0.379 e. The summed E-state index contributed by atoms with van der Waals surface area (Å²) in [5.74, 6) is 0.457. The van der Waals surface area contributed by atoms with Crippen LogP contribution in [-0.4, -0.2) is 69.5 Å². The van der Waals surface area contributed by atoms with Crippen LogP contribution in [0.1, 0.15) is 12.5 Å². The van der Waals surface area contributed by atoms with Crippen molar-refractivity contribution in [1.82, 2.24) is 9.80 Å². The number of hydrogen-bond donors (Lipinski definition) is 1. The summed E-state index contributed by atoms with van der Waals surface area (Å²) in [6.07, 6.45) is 0. The summed E-state index contributed by atoms with van der Waals surface area (Å²) in [6.45, 7) is 7.58. The van der Waals surface area contributed by atoms with Crippen molar-refractivity contribution in [3.63, 3.8) is 0 Å². The molecule has 1 atom stereocenters. The van der Waals surface area contributed by atoms with Crippen molar-refractivity contribution in [3.8, 4) is 0 Å². The number of nitrogens with zero attached hydrogens (tertiary/aromatic N) is 3. The fourth-order valence-corrected chi connectivity index (χ4v) is 5.03. The van der Waals surface area contributed by atoms with Gasteiger partial charge < -0.3 is 10.1 Å². The van der Waals surface area contributed by atoms with Gasteiger partial charge in [0.1, 0.15) is 10.7 Å². The zero-order chi connectivity index (χ0) is 21.0. The van der Waals surface area contributed by atoms with Crippen LogP contribution in [0, 0.1) is 0 Å². The number of para-hydroxylation sites is 1. The second kappa shape index (κ2) is 9.26. The summed E-state index contributed by atoms with van der Waals surface area (Å²) in [5.41, 5.74) is 1.77. The number of hydrogen-bond acceptors (Lipinski definition) is 6. The Bertz CT molecular complexity index is 988. The van der Waals surface area contributed by atoms with Crippen molar-refractivity contribution in [3.05, 3.63) is 60.2 Å². The maximum Gasteiger partial charge on any atom is 0.286 e. The molecule has 0 aromatic heterocycles. The number of anilines is 1. The molecular formula is C22H28N4O3S. The number of amidine groups is 1. The third-order valence-electron chi connectivity index (χ3n) is 5.51. The van der Waals surface area contributed by atoms with E-state index in [0.29, 0.717) is 18.1 Å². The summed E-state index contributed by atoms with van der Waals surface area (Å²) < 4.78 is 34.8. The number of nitrogens with one attached hydrogen (secondary N) is 1. The molecule has 8 heteroatoms. The van der Waals surface area contributed by atoms with Gasteiger partial charge in [0.25, 0.3) is 10.0 Å². The average molecular weight is 429 g/mol. The molecule has 2 aliphatic rings. The molecule has 0 bridgehead atoms. The van der Waals surface area contributed by atoms with E-state index in [1.54, 1.807) is 18.2 Å². The standard InChI is InChI=1S/C22H28N4O3S/c1-18(15-25-11-13-29-14-12-25)26(16-19-7-3-2-4-8-19)17-22-23-20-9-5-6-10-21(20)30(27,28)24-22/h2-10,18H,11-17H2,1H3,(H,23,24). The Morgan fingerprint density at radius 1 is 1.07 bits per heavy atom.